The van der Waals surface area contributed by atoms with E-state index in [1.807, 2.05) is 31.2 Å². The van der Waals surface area contributed by atoms with Gasteiger partial charge in [0, 0.05) is 11.3 Å². The number of nitrogens with zero attached hydrogens (tertiary/aromatic N) is 1. The van der Waals surface area contributed by atoms with Crippen molar-refractivity contribution in [2.75, 3.05) is 37.6 Å². The molecule has 0 bridgehead atoms. The van der Waals surface area contributed by atoms with Gasteiger partial charge in [-0.3, -0.25) is 20.4 Å². The van der Waals surface area contributed by atoms with Gasteiger partial charge in [-0.1, -0.05) is 36.4 Å². The molecular formula is C21H27N4O2+. The summed E-state index contributed by atoms with van der Waals surface area (Å²) >= 11 is 0. The first-order valence-electron chi connectivity index (χ1n) is 9.42. The van der Waals surface area contributed by atoms with Crippen LogP contribution in [0.2, 0.25) is 0 Å². The molecule has 3 rings (SSSR count). The van der Waals surface area contributed by atoms with E-state index in [0.29, 0.717) is 12.0 Å². The van der Waals surface area contributed by atoms with Crippen molar-refractivity contribution >= 4 is 17.5 Å². The predicted molar refractivity (Wildman–Crippen MR) is 106 cm³/mol. The highest BCUT2D eigenvalue weighted by atomic mass is 16.2. The van der Waals surface area contributed by atoms with Crippen molar-refractivity contribution in [3.05, 3.63) is 65.7 Å². The standard InChI is InChI=1S/C21H26N4O2/c1-17-7-5-6-10-19(17)21(27)23-22-20(26)11-12-24-13-15-25(16-14-24)18-8-3-2-4-9-18/h2-10H,11-16H2,1H3,(H,22,26)(H,23,27)/p+1. The van der Waals surface area contributed by atoms with Crippen molar-refractivity contribution in [3.8, 4) is 0 Å². The highest BCUT2D eigenvalue weighted by Crippen LogP contribution is 2.12. The van der Waals surface area contributed by atoms with Gasteiger partial charge in [0.2, 0.25) is 5.91 Å². The molecule has 1 saturated heterocycles. The number of amides is 2. The number of para-hydroxylation sites is 1. The summed E-state index contributed by atoms with van der Waals surface area (Å²) in [6.07, 6.45) is 0.398. The van der Waals surface area contributed by atoms with Crippen LogP contribution in [-0.2, 0) is 4.79 Å². The highest BCUT2D eigenvalue weighted by molar-refractivity contribution is 5.96. The summed E-state index contributed by atoms with van der Waals surface area (Å²) in [6.45, 7) is 6.65. The van der Waals surface area contributed by atoms with Crippen LogP contribution in [0.5, 0.6) is 0 Å². The van der Waals surface area contributed by atoms with Gasteiger partial charge in [-0.15, -0.1) is 0 Å². The number of quaternary nitrogens is 1. The van der Waals surface area contributed by atoms with E-state index in [0.717, 1.165) is 38.3 Å². The zero-order valence-corrected chi connectivity index (χ0v) is 15.7. The monoisotopic (exact) mass is 367 g/mol. The molecule has 142 valence electrons. The largest absolute Gasteiger partial charge is 0.360 e. The van der Waals surface area contributed by atoms with Gasteiger partial charge >= 0.3 is 0 Å². The van der Waals surface area contributed by atoms with Gasteiger partial charge in [0.25, 0.3) is 5.91 Å². The quantitative estimate of drug-likeness (QED) is 0.677. The van der Waals surface area contributed by atoms with Gasteiger partial charge in [-0.2, -0.15) is 0 Å². The van der Waals surface area contributed by atoms with E-state index in [9.17, 15) is 9.59 Å². The second kappa shape index (κ2) is 9.19. The molecule has 3 N–H and O–H groups in total. The van der Waals surface area contributed by atoms with E-state index in [1.54, 1.807) is 6.07 Å². The molecule has 0 saturated carbocycles. The average molecular weight is 367 g/mol. The van der Waals surface area contributed by atoms with E-state index in [-0.39, 0.29) is 11.8 Å². The Hall–Kier alpha value is -2.86. The normalized spacial score (nSPS) is 14.6. The third kappa shape index (κ3) is 5.31. The van der Waals surface area contributed by atoms with Crippen LogP contribution < -0.4 is 20.7 Å². The van der Waals surface area contributed by atoms with E-state index in [1.165, 1.54) is 10.6 Å². The molecule has 0 radical (unpaired) electrons. The van der Waals surface area contributed by atoms with Crippen LogP contribution in [0, 0.1) is 6.92 Å². The Bertz CT molecular complexity index is 771. The lowest BCUT2D eigenvalue weighted by molar-refractivity contribution is -0.900. The fourth-order valence-electron chi connectivity index (χ4n) is 3.34. The first-order chi connectivity index (χ1) is 13.1. The van der Waals surface area contributed by atoms with Gasteiger partial charge in [0.15, 0.2) is 0 Å². The second-order valence-corrected chi connectivity index (χ2v) is 6.89. The van der Waals surface area contributed by atoms with E-state index >= 15 is 0 Å². The summed E-state index contributed by atoms with van der Waals surface area (Å²) < 4.78 is 0. The Morgan fingerprint density at radius 1 is 0.963 bits per heavy atom. The molecule has 0 atom stereocenters. The van der Waals surface area contributed by atoms with Crippen molar-refractivity contribution in [1.82, 2.24) is 10.9 Å². The predicted octanol–water partition coefficient (Wildman–Crippen LogP) is 0.551. The second-order valence-electron chi connectivity index (χ2n) is 6.89. The van der Waals surface area contributed by atoms with Gasteiger partial charge in [-0.05, 0) is 30.7 Å². The molecule has 0 aliphatic carbocycles. The number of piperazine rings is 1. The first-order valence-corrected chi connectivity index (χ1v) is 9.42. The lowest BCUT2D eigenvalue weighted by Gasteiger charge is -2.33. The lowest BCUT2D eigenvalue weighted by Crippen LogP contribution is -3.15. The van der Waals surface area contributed by atoms with Crippen molar-refractivity contribution in [2.45, 2.75) is 13.3 Å². The van der Waals surface area contributed by atoms with E-state index in [2.05, 4.69) is 40.0 Å². The SMILES string of the molecule is Cc1ccccc1C(=O)NNC(=O)CC[NH+]1CCN(c2ccccc2)CC1. The molecule has 0 unspecified atom stereocenters. The molecule has 2 amide bonds. The molecule has 1 heterocycles. The molecule has 1 aliphatic heterocycles. The molecule has 1 fully saturated rings. The Balaban J connectivity index is 1.36. The Morgan fingerprint density at radius 2 is 1.63 bits per heavy atom. The van der Waals surface area contributed by atoms with Crippen LogP contribution in [0.15, 0.2) is 54.6 Å². The van der Waals surface area contributed by atoms with Crippen molar-refractivity contribution in [3.63, 3.8) is 0 Å². The summed E-state index contributed by atoms with van der Waals surface area (Å²) in [7, 11) is 0. The number of rotatable bonds is 5. The van der Waals surface area contributed by atoms with Crippen LogP contribution in [0.1, 0.15) is 22.3 Å². The number of anilines is 1. The fourth-order valence-corrected chi connectivity index (χ4v) is 3.34. The number of aryl methyl sites for hydroxylation is 1. The topological polar surface area (TPSA) is 65.9 Å². The van der Waals surface area contributed by atoms with Crippen LogP contribution in [0.4, 0.5) is 5.69 Å². The molecule has 6 heteroatoms. The number of carbonyl (C=O) groups excluding carboxylic acids is 2. The molecule has 6 nitrogen and oxygen atoms in total. The molecule has 0 aromatic heterocycles. The highest BCUT2D eigenvalue weighted by Gasteiger charge is 2.20. The third-order valence-corrected chi connectivity index (χ3v) is 5.00. The Morgan fingerprint density at radius 3 is 2.33 bits per heavy atom. The summed E-state index contributed by atoms with van der Waals surface area (Å²) in [6, 6.07) is 17.7. The van der Waals surface area contributed by atoms with Crippen molar-refractivity contribution < 1.29 is 14.5 Å². The molecule has 2 aromatic rings. The van der Waals surface area contributed by atoms with Gasteiger partial charge in [0.1, 0.15) is 0 Å². The number of nitrogens with one attached hydrogen (secondary N) is 3. The maximum atomic E-state index is 12.1. The van der Waals surface area contributed by atoms with Crippen LogP contribution in [0.3, 0.4) is 0 Å². The molecule has 27 heavy (non-hydrogen) atoms. The maximum absolute atomic E-state index is 12.1. The number of hydrazine groups is 1. The Labute approximate surface area is 160 Å². The number of hydrogen-bond acceptors (Lipinski definition) is 3. The van der Waals surface area contributed by atoms with Gasteiger partial charge in [-0.25, -0.2) is 0 Å². The zero-order chi connectivity index (χ0) is 19.1. The number of hydrogen-bond donors (Lipinski definition) is 3. The van der Waals surface area contributed by atoms with Crippen molar-refractivity contribution in [2.24, 2.45) is 0 Å². The van der Waals surface area contributed by atoms with Crippen LogP contribution in [-0.4, -0.2) is 44.5 Å². The van der Waals surface area contributed by atoms with Crippen LogP contribution >= 0.6 is 0 Å². The smallest absolute Gasteiger partial charge is 0.269 e. The molecule has 0 spiro atoms. The number of benzene rings is 2. The van der Waals surface area contributed by atoms with Gasteiger partial charge < -0.3 is 9.80 Å². The third-order valence-electron chi connectivity index (χ3n) is 5.00. The lowest BCUT2D eigenvalue weighted by atomic mass is 10.1. The minimum absolute atomic E-state index is 0.157. The summed E-state index contributed by atoms with van der Waals surface area (Å²) in [5.41, 5.74) is 7.73. The molecular weight excluding hydrogens is 340 g/mol. The summed E-state index contributed by atoms with van der Waals surface area (Å²) in [5, 5.41) is 0. The minimum atomic E-state index is -0.287. The molecule has 1 aliphatic rings. The number of carbonyl (C=O) groups is 2. The first kappa shape index (κ1) is 18.9. The molecule has 2 aromatic carbocycles. The van der Waals surface area contributed by atoms with Crippen molar-refractivity contribution in [1.29, 1.82) is 0 Å². The summed E-state index contributed by atoms with van der Waals surface area (Å²) in [4.78, 5) is 28.0. The average Bonchev–Trinajstić information content (AvgIpc) is 2.72. The minimum Gasteiger partial charge on any atom is -0.360 e. The summed E-state index contributed by atoms with van der Waals surface area (Å²) in [5.74, 6) is -0.444. The van der Waals surface area contributed by atoms with Crippen LogP contribution in [0.25, 0.3) is 0 Å². The zero-order valence-electron chi connectivity index (χ0n) is 15.7. The fraction of sp³-hybridized carbons (Fsp3) is 0.333. The maximum Gasteiger partial charge on any atom is 0.269 e. The Kier molecular flexibility index (Phi) is 6.44. The van der Waals surface area contributed by atoms with E-state index in [4.69, 9.17) is 0 Å². The van der Waals surface area contributed by atoms with E-state index < -0.39 is 0 Å². The van der Waals surface area contributed by atoms with Gasteiger partial charge in [0.05, 0.1) is 39.1 Å².